The normalized spacial score (nSPS) is 10.1. The molecule has 0 saturated carbocycles. The maximum atomic E-state index is 11.2. The average Bonchev–Trinajstić information content (AvgIpc) is 2.78. The summed E-state index contributed by atoms with van der Waals surface area (Å²) in [6, 6.07) is 9.27. The van der Waals surface area contributed by atoms with Gasteiger partial charge in [-0.15, -0.1) is 0 Å². The average molecular weight is 281 g/mol. The van der Waals surface area contributed by atoms with Crippen LogP contribution in [0.5, 0.6) is 0 Å². The predicted octanol–water partition coefficient (Wildman–Crippen LogP) is 1.44. The summed E-state index contributed by atoms with van der Waals surface area (Å²) in [7, 11) is 0. The number of rotatable bonds is 2. The second kappa shape index (κ2) is 4.46. The van der Waals surface area contributed by atoms with E-state index in [9.17, 15) is 4.79 Å². The topological polar surface area (TPSA) is 83.8 Å². The number of benzene rings is 1. The maximum absolute atomic E-state index is 11.2. The van der Waals surface area contributed by atoms with Crippen molar-refractivity contribution >= 4 is 21.8 Å². The molecule has 2 aromatic rings. The second-order valence-electron chi connectivity index (χ2n) is 3.12. The van der Waals surface area contributed by atoms with E-state index in [0.29, 0.717) is 11.4 Å². The minimum Gasteiger partial charge on any atom is -0.289 e. The first kappa shape index (κ1) is 10.8. The molecule has 0 atom stereocenters. The van der Waals surface area contributed by atoms with Crippen LogP contribution in [-0.4, -0.2) is 16.1 Å². The van der Waals surface area contributed by atoms with Gasteiger partial charge in [-0.1, -0.05) is 34.1 Å². The third-order valence-corrected chi connectivity index (χ3v) is 2.79. The SMILES string of the molecule is NNC(=O)c1cc(-c2ccccc2Br)n[nH]1. The van der Waals surface area contributed by atoms with Gasteiger partial charge in [0.1, 0.15) is 5.69 Å². The second-order valence-corrected chi connectivity index (χ2v) is 3.97. The summed E-state index contributed by atoms with van der Waals surface area (Å²) in [6.07, 6.45) is 0. The molecule has 0 unspecified atom stereocenters. The molecule has 5 nitrogen and oxygen atoms in total. The Balaban J connectivity index is 2.39. The molecule has 16 heavy (non-hydrogen) atoms. The highest BCUT2D eigenvalue weighted by Crippen LogP contribution is 2.26. The van der Waals surface area contributed by atoms with Crippen LogP contribution in [0.25, 0.3) is 11.3 Å². The monoisotopic (exact) mass is 280 g/mol. The molecule has 1 heterocycles. The van der Waals surface area contributed by atoms with Crippen LogP contribution in [0.2, 0.25) is 0 Å². The summed E-state index contributed by atoms with van der Waals surface area (Å²) in [6.45, 7) is 0. The quantitative estimate of drug-likeness (QED) is 0.442. The Labute approximate surface area is 100 Å². The summed E-state index contributed by atoms with van der Waals surface area (Å²) < 4.78 is 0.918. The number of amides is 1. The molecule has 0 aliphatic heterocycles. The molecule has 0 aliphatic carbocycles. The van der Waals surface area contributed by atoms with E-state index in [1.54, 1.807) is 6.07 Å². The van der Waals surface area contributed by atoms with Crippen molar-refractivity contribution < 1.29 is 4.79 Å². The molecule has 82 valence electrons. The zero-order chi connectivity index (χ0) is 11.5. The Hall–Kier alpha value is -1.66. The van der Waals surface area contributed by atoms with Gasteiger partial charge < -0.3 is 0 Å². The van der Waals surface area contributed by atoms with Gasteiger partial charge in [-0.05, 0) is 12.1 Å². The predicted molar refractivity (Wildman–Crippen MR) is 63.4 cm³/mol. The number of H-pyrrole nitrogens is 1. The Kier molecular flexibility index (Phi) is 3.02. The number of aromatic amines is 1. The van der Waals surface area contributed by atoms with Crippen LogP contribution in [0.4, 0.5) is 0 Å². The molecule has 0 radical (unpaired) electrons. The first-order valence-electron chi connectivity index (χ1n) is 4.53. The number of carbonyl (C=O) groups is 1. The number of nitrogen functional groups attached to an aromatic ring is 1. The lowest BCUT2D eigenvalue weighted by Gasteiger charge is -1.98. The number of hydrogen-bond donors (Lipinski definition) is 3. The number of halogens is 1. The van der Waals surface area contributed by atoms with Gasteiger partial charge in [0.2, 0.25) is 0 Å². The molecule has 0 bridgehead atoms. The molecule has 1 aromatic heterocycles. The van der Waals surface area contributed by atoms with Crippen LogP contribution in [0.3, 0.4) is 0 Å². The van der Waals surface area contributed by atoms with Gasteiger partial charge in [-0.25, -0.2) is 5.84 Å². The van der Waals surface area contributed by atoms with Crippen molar-refractivity contribution in [3.05, 3.63) is 40.5 Å². The fraction of sp³-hybridized carbons (Fsp3) is 0. The molecule has 2 rings (SSSR count). The van der Waals surface area contributed by atoms with Crippen LogP contribution >= 0.6 is 15.9 Å². The van der Waals surface area contributed by atoms with E-state index >= 15 is 0 Å². The Morgan fingerprint density at radius 3 is 2.88 bits per heavy atom. The molecule has 0 spiro atoms. The maximum Gasteiger partial charge on any atom is 0.283 e. The first-order valence-corrected chi connectivity index (χ1v) is 5.33. The van der Waals surface area contributed by atoms with E-state index < -0.39 is 5.91 Å². The fourth-order valence-electron chi connectivity index (χ4n) is 1.32. The van der Waals surface area contributed by atoms with Gasteiger partial charge in [-0.2, -0.15) is 5.10 Å². The molecular formula is C10H9BrN4O. The van der Waals surface area contributed by atoms with Gasteiger partial charge >= 0.3 is 0 Å². The van der Waals surface area contributed by atoms with Crippen LogP contribution in [0.1, 0.15) is 10.5 Å². The molecule has 0 saturated heterocycles. The lowest BCUT2D eigenvalue weighted by Crippen LogP contribution is -2.30. The van der Waals surface area contributed by atoms with E-state index in [0.717, 1.165) is 10.0 Å². The zero-order valence-electron chi connectivity index (χ0n) is 8.20. The summed E-state index contributed by atoms with van der Waals surface area (Å²) >= 11 is 3.42. The number of nitrogens with zero attached hydrogens (tertiary/aromatic N) is 1. The lowest BCUT2D eigenvalue weighted by atomic mass is 10.1. The van der Waals surface area contributed by atoms with E-state index in [-0.39, 0.29) is 0 Å². The Bertz CT molecular complexity index is 523. The summed E-state index contributed by atoms with van der Waals surface area (Å²) in [5, 5.41) is 6.66. The molecule has 6 heteroatoms. The van der Waals surface area contributed by atoms with E-state index in [4.69, 9.17) is 5.84 Å². The van der Waals surface area contributed by atoms with E-state index in [2.05, 4.69) is 26.1 Å². The van der Waals surface area contributed by atoms with Crippen LogP contribution in [-0.2, 0) is 0 Å². The lowest BCUT2D eigenvalue weighted by molar-refractivity contribution is 0.0948. The number of nitrogens with one attached hydrogen (secondary N) is 2. The van der Waals surface area contributed by atoms with Crippen molar-refractivity contribution in [2.24, 2.45) is 5.84 Å². The molecule has 1 aromatic carbocycles. The Morgan fingerprint density at radius 1 is 1.44 bits per heavy atom. The largest absolute Gasteiger partial charge is 0.289 e. The van der Waals surface area contributed by atoms with Gasteiger partial charge in [0, 0.05) is 10.0 Å². The summed E-state index contributed by atoms with van der Waals surface area (Å²) in [4.78, 5) is 11.2. The van der Waals surface area contributed by atoms with Crippen molar-refractivity contribution in [1.82, 2.24) is 15.6 Å². The first-order chi connectivity index (χ1) is 7.72. The molecule has 0 fully saturated rings. The Morgan fingerprint density at radius 2 is 2.19 bits per heavy atom. The van der Waals surface area contributed by atoms with Crippen molar-refractivity contribution in [3.63, 3.8) is 0 Å². The summed E-state index contributed by atoms with van der Waals surface area (Å²) in [5.41, 5.74) is 3.96. The van der Waals surface area contributed by atoms with Crippen molar-refractivity contribution in [2.75, 3.05) is 0 Å². The molecule has 4 N–H and O–H groups in total. The van der Waals surface area contributed by atoms with Crippen LogP contribution in [0.15, 0.2) is 34.8 Å². The molecule has 0 aliphatic rings. The minimum atomic E-state index is -0.397. The smallest absolute Gasteiger partial charge is 0.283 e. The highest BCUT2D eigenvalue weighted by atomic mass is 79.9. The van der Waals surface area contributed by atoms with Gasteiger partial charge in [0.15, 0.2) is 0 Å². The van der Waals surface area contributed by atoms with Gasteiger partial charge in [0.05, 0.1) is 5.69 Å². The zero-order valence-corrected chi connectivity index (χ0v) is 9.78. The highest BCUT2D eigenvalue weighted by molar-refractivity contribution is 9.10. The van der Waals surface area contributed by atoms with Crippen molar-refractivity contribution in [1.29, 1.82) is 0 Å². The number of nitrogens with two attached hydrogens (primary N) is 1. The van der Waals surface area contributed by atoms with Crippen LogP contribution in [0, 0.1) is 0 Å². The van der Waals surface area contributed by atoms with Gasteiger partial charge in [-0.3, -0.25) is 15.3 Å². The standard InChI is InChI=1S/C10H9BrN4O/c11-7-4-2-1-3-6(7)8-5-9(15-14-8)10(16)13-12/h1-5H,12H2,(H,13,16)(H,14,15). The fourth-order valence-corrected chi connectivity index (χ4v) is 1.81. The molecular weight excluding hydrogens is 272 g/mol. The van der Waals surface area contributed by atoms with Gasteiger partial charge in [0.25, 0.3) is 5.91 Å². The van der Waals surface area contributed by atoms with Crippen LogP contribution < -0.4 is 11.3 Å². The third-order valence-electron chi connectivity index (χ3n) is 2.10. The minimum absolute atomic E-state index is 0.327. The number of hydrogen-bond acceptors (Lipinski definition) is 3. The highest BCUT2D eigenvalue weighted by Gasteiger charge is 2.10. The third kappa shape index (κ3) is 1.98. The number of aromatic nitrogens is 2. The number of hydrazine groups is 1. The summed E-state index contributed by atoms with van der Waals surface area (Å²) in [5.74, 6) is 4.63. The van der Waals surface area contributed by atoms with Crippen molar-refractivity contribution in [2.45, 2.75) is 0 Å². The van der Waals surface area contributed by atoms with Crippen molar-refractivity contribution in [3.8, 4) is 11.3 Å². The molecule has 1 amide bonds. The van der Waals surface area contributed by atoms with E-state index in [1.165, 1.54) is 0 Å². The number of carbonyl (C=O) groups excluding carboxylic acids is 1. The van der Waals surface area contributed by atoms with E-state index in [1.807, 2.05) is 29.7 Å².